The maximum absolute atomic E-state index is 13.2. The summed E-state index contributed by atoms with van der Waals surface area (Å²) in [5.74, 6) is -0.316. The van der Waals surface area contributed by atoms with Crippen molar-refractivity contribution in [3.63, 3.8) is 0 Å². The van der Waals surface area contributed by atoms with E-state index in [0.29, 0.717) is 12.1 Å². The van der Waals surface area contributed by atoms with E-state index in [-0.39, 0.29) is 11.8 Å². The SMILES string of the molecule is CN(C)CCNC(=O)N/C=C/c1ccccc1F. The molecule has 0 atom stereocenters. The fraction of sp³-hybridized carbons (Fsp3) is 0.308. The van der Waals surface area contributed by atoms with E-state index in [9.17, 15) is 9.18 Å². The lowest BCUT2D eigenvalue weighted by Gasteiger charge is -2.09. The molecule has 0 bridgehead atoms. The number of nitrogens with one attached hydrogen (secondary N) is 2. The molecule has 0 spiro atoms. The van der Waals surface area contributed by atoms with Gasteiger partial charge in [0.2, 0.25) is 0 Å². The van der Waals surface area contributed by atoms with Crippen molar-refractivity contribution in [2.24, 2.45) is 0 Å². The number of hydrogen-bond donors (Lipinski definition) is 2. The Morgan fingerprint density at radius 3 is 2.78 bits per heavy atom. The third-order valence-corrected chi connectivity index (χ3v) is 2.23. The summed E-state index contributed by atoms with van der Waals surface area (Å²) in [6, 6.07) is 6.06. The number of carbonyl (C=O) groups is 1. The summed E-state index contributed by atoms with van der Waals surface area (Å²) < 4.78 is 13.2. The minimum absolute atomic E-state index is 0.301. The second-order valence-electron chi connectivity index (χ2n) is 4.06. The van der Waals surface area contributed by atoms with Gasteiger partial charge in [-0.15, -0.1) is 0 Å². The lowest BCUT2D eigenvalue weighted by atomic mass is 10.2. The number of urea groups is 1. The van der Waals surface area contributed by atoms with Crippen LogP contribution in [0.4, 0.5) is 9.18 Å². The van der Waals surface area contributed by atoms with Crippen molar-refractivity contribution in [3.8, 4) is 0 Å². The van der Waals surface area contributed by atoms with Crippen LogP contribution < -0.4 is 10.6 Å². The van der Waals surface area contributed by atoms with Crippen molar-refractivity contribution in [2.75, 3.05) is 27.2 Å². The number of rotatable bonds is 5. The minimum Gasteiger partial charge on any atom is -0.337 e. The molecule has 0 radical (unpaired) electrons. The molecule has 0 aliphatic carbocycles. The van der Waals surface area contributed by atoms with Crippen LogP contribution in [0.2, 0.25) is 0 Å². The Hall–Kier alpha value is -1.88. The molecule has 0 aliphatic heterocycles. The van der Waals surface area contributed by atoms with Gasteiger partial charge in [0.25, 0.3) is 0 Å². The predicted octanol–water partition coefficient (Wildman–Crippen LogP) is 1.66. The first kappa shape index (κ1) is 14.2. The van der Waals surface area contributed by atoms with Crippen molar-refractivity contribution in [1.82, 2.24) is 15.5 Å². The predicted molar refractivity (Wildman–Crippen MR) is 70.5 cm³/mol. The van der Waals surface area contributed by atoms with E-state index < -0.39 is 0 Å². The molecular formula is C13H18FN3O. The third-order valence-electron chi connectivity index (χ3n) is 2.23. The first-order valence-electron chi connectivity index (χ1n) is 5.70. The molecule has 0 heterocycles. The quantitative estimate of drug-likeness (QED) is 0.836. The van der Waals surface area contributed by atoms with Crippen molar-refractivity contribution >= 4 is 12.1 Å². The van der Waals surface area contributed by atoms with Gasteiger partial charge in [0.05, 0.1) is 0 Å². The standard InChI is InChI=1S/C13H18FN3O/c1-17(2)10-9-16-13(18)15-8-7-11-5-3-4-6-12(11)14/h3-8H,9-10H2,1-2H3,(H2,15,16,18)/b8-7+. The van der Waals surface area contributed by atoms with Gasteiger partial charge in [-0.25, -0.2) is 9.18 Å². The van der Waals surface area contributed by atoms with Crippen LogP contribution in [0, 0.1) is 5.82 Å². The van der Waals surface area contributed by atoms with E-state index in [4.69, 9.17) is 0 Å². The Morgan fingerprint density at radius 1 is 1.39 bits per heavy atom. The molecule has 2 N–H and O–H groups in total. The van der Waals surface area contributed by atoms with Gasteiger partial charge >= 0.3 is 6.03 Å². The van der Waals surface area contributed by atoms with E-state index in [1.807, 2.05) is 19.0 Å². The van der Waals surface area contributed by atoms with Gasteiger partial charge in [0.15, 0.2) is 0 Å². The van der Waals surface area contributed by atoms with Gasteiger partial charge in [-0.1, -0.05) is 18.2 Å². The molecular weight excluding hydrogens is 233 g/mol. The number of nitrogens with zero attached hydrogens (tertiary/aromatic N) is 1. The molecule has 0 unspecified atom stereocenters. The zero-order valence-electron chi connectivity index (χ0n) is 10.6. The zero-order chi connectivity index (χ0) is 13.4. The molecule has 0 saturated heterocycles. The van der Waals surface area contributed by atoms with Crippen molar-refractivity contribution in [3.05, 3.63) is 41.8 Å². The molecule has 18 heavy (non-hydrogen) atoms. The van der Waals surface area contributed by atoms with E-state index in [1.165, 1.54) is 18.3 Å². The molecule has 2 amide bonds. The van der Waals surface area contributed by atoms with Crippen LogP contribution in [-0.2, 0) is 0 Å². The number of halogens is 1. The first-order valence-corrected chi connectivity index (χ1v) is 5.70. The number of carbonyl (C=O) groups excluding carboxylic acids is 1. The van der Waals surface area contributed by atoms with Crippen LogP contribution in [0.3, 0.4) is 0 Å². The van der Waals surface area contributed by atoms with E-state index in [0.717, 1.165) is 6.54 Å². The van der Waals surface area contributed by atoms with Crippen LogP contribution in [0.25, 0.3) is 6.08 Å². The Morgan fingerprint density at radius 2 is 2.11 bits per heavy atom. The van der Waals surface area contributed by atoms with Crippen LogP contribution in [0.15, 0.2) is 30.5 Å². The van der Waals surface area contributed by atoms with Crippen molar-refractivity contribution in [2.45, 2.75) is 0 Å². The summed E-state index contributed by atoms with van der Waals surface area (Å²) >= 11 is 0. The Labute approximate surface area is 106 Å². The van der Waals surface area contributed by atoms with Crippen LogP contribution >= 0.6 is 0 Å². The van der Waals surface area contributed by atoms with Crippen LogP contribution in [-0.4, -0.2) is 38.1 Å². The molecule has 0 aliphatic rings. The van der Waals surface area contributed by atoms with Gasteiger partial charge in [-0.2, -0.15) is 0 Å². The summed E-state index contributed by atoms with van der Waals surface area (Å²) in [5, 5.41) is 5.19. The van der Waals surface area contributed by atoms with Gasteiger partial charge in [0.1, 0.15) is 5.82 Å². The van der Waals surface area contributed by atoms with Gasteiger partial charge in [0, 0.05) is 24.9 Å². The second-order valence-corrected chi connectivity index (χ2v) is 4.06. The smallest absolute Gasteiger partial charge is 0.318 e. The maximum Gasteiger partial charge on any atom is 0.318 e. The fourth-order valence-corrected chi connectivity index (χ4v) is 1.26. The van der Waals surface area contributed by atoms with Gasteiger partial charge in [-0.05, 0) is 26.2 Å². The molecule has 98 valence electrons. The summed E-state index contributed by atoms with van der Waals surface area (Å²) in [4.78, 5) is 13.3. The molecule has 0 fully saturated rings. The fourth-order valence-electron chi connectivity index (χ4n) is 1.26. The number of benzene rings is 1. The second kappa shape index (κ2) is 7.45. The molecule has 1 rings (SSSR count). The monoisotopic (exact) mass is 251 g/mol. The van der Waals surface area contributed by atoms with E-state index in [1.54, 1.807) is 18.2 Å². The van der Waals surface area contributed by atoms with Gasteiger partial charge in [-0.3, -0.25) is 0 Å². The maximum atomic E-state index is 13.2. The summed E-state index contributed by atoms with van der Waals surface area (Å²) in [5.41, 5.74) is 0.436. The topological polar surface area (TPSA) is 44.4 Å². The molecule has 0 saturated carbocycles. The summed E-state index contributed by atoms with van der Waals surface area (Å²) in [6.07, 6.45) is 2.93. The highest BCUT2D eigenvalue weighted by Crippen LogP contribution is 2.07. The van der Waals surface area contributed by atoms with Crippen molar-refractivity contribution in [1.29, 1.82) is 0 Å². The molecule has 1 aromatic rings. The Balaban J connectivity index is 2.32. The molecule has 5 heteroatoms. The van der Waals surface area contributed by atoms with E-state index >= 15 is 0 Å². The normalized spacial score (nSPS) is 10.9. The Bertz CT molecular complexity index is 418. The number of likely N-dealkylation sites (N-methyl/N-ethyl adjacent to an activating group) is 1. The highest BCUT2D eigenvalue weighted by molar-refractivity contribution is 5.75. The number of amides is 2. The highest BCUT2D eigenvalue weighted by Gasteiger charge is 1.98. The average molecular weight is 251 g/mol. The largest absolute Gasteiger partial charge is 0.337 e. The van der Waals surface area contributed by atoms with Crippen molar-refractivity contribution < 1.29 is 9.18 Å². The Kier molecular flexibility index (Phi) is 5.87. The van der Waals surface area contributed by atoms with Gasteiger partial charge < -0.3 is 15.5 Å². The molecule has 1 aromatic carbocycles. The van der Waals surface area contributed by atoms with Crippen LogP contribution in [0.5, 0.6) is 0 Å². The lowest BCUT2D eigenvalue weighted by molar-refractivity contribution is 0.243. The lowest BCUT2D eigenvalue weighted by Crippen LogP contribution is -2.36. The van der Waals surface area contributed by atoms with Crippen LogP contribution in [0.1, 0.15) is 5.56 Å². The molecule has 0 aromatic heterocycles. The third kappa shape index (κ3) is 5.45. The first-order chi connectivity index (χ1) is 8.59. The van der Waals surface area contributed by atoms with E-state index in [2.05, 4.69) is 10.6 Å². The average Bonchev–Trinajstić information content (AvgIpc) is 2.31. The minimum atomic E-state index is -0.316. The summed E-state index contributed by atoms with van der Waals surface area (Å²) in [6.45, 7) is 1.33. The number of hydrogen-bond acceptors (Lipinski definition) is 2. The highest BCUT2D eigenvalue weighted by atomic mass is 19.1. The summed E-state index contributed by atoms with van der Waals surface area (Å²) in [7, 11) is 3.86. The molecule has 4 nitrogen and oxygen atoms in total. The zero-order valence-corrected chi connectivity index (χ0v) is 10.6.